The van der Waals surface area contributed by atoms with Crippen molar-refractivity contribution in [1.29, 1.82) is 0 Å². The predicted molar refractivity (Wildman–Crippen MR) is 100.0 cm³/mol. The molecule has 144 valence electrons. The Morgan fingerprint density at radius 2 is 1.73 bits per heavy atom. The van der Waals surface area contributed by atoms with Crippen molar-refractivity contribution in [2.75, 3.05) is 13.7 Å². The Labute approximate surface area is 155 Å². The minimum absolute atomic E-state index is 0.00987. The van der Waals surface area contributed by atoms with Crippen molar-refractivity contribution in [3.05, 3.63) is 29.8 Å². The molecule has 0 saturated heterocycles. The lowest BCUT2D eigenvalue weighted by atomic mass is 9.96. The Bertz CT molecular complexity index is 590. The summed E-state index contributed by atoms with van der Waals surface area (Å²) in [6, 6.07) is 7.46. The molecule has 0 radical (unpaired) electrons. The van der Waals surface area contributed by atoms with Crippen LogP contribution in [0.25, 0.3) is 0 Å². The molecule has 2 rings (SSSR count). The van der Waals surface area contributed by atoms with E-state index in [4.69, 9.17) is 4.74 Å². The molecule has 1 aromatic rings. The van der Waals surface area contributed by atoms with Crippen molar-refractivity contribution in [3.63, 3.8) is 0 Å². The van der Waals surface area contributed by atoms with Gasteiger partial charge in [0.05, 0.1) is 12.7 Å². The Morgan fingerprint density at radius 1 is 1.12 bits per heavy atom. The van der Waals surface area contributed by atoms with Crippen molar-refractivity contribution in [2.24, 2.45) is 0 Å². The lowest BCUT2D eigenvalue weighted by Gasteiger charge is -2.24. The number of rotatable bonds is 6. The molecule has 6 heteroatoms. The van der Waals surface area contributed by atoms with Crippen molar-refractivity contribution in [3.8, 4) is 5.75 Å². The van der Waals surface area contributed by atoms with Crippen LogP contribution >= 0.6 is 0 Å². The lowest BCUT2D eigenvalue weighted by Crippen LogP contribution is -2.49. The first kappa shape index (κ1) is 20.2. The summed E-state index contributed by atoms with van der Waals surface area (Å²) in [5, 5.41) is 15.9. The van der Waals surface area contributed by atoms with Crippen LogP contribution < -0.4 is 15.4 Å². The Balaban J connectivity index is 1.79. The molecule has 0 bridgehead atoms. The first-order chi connectivity index (χ1) is 12.4. The second kappa shape index (κ2) is 9.57. The molecule has 1 fully saturated rings. The third-order valence-corrected chi connectivity index (χ3v) is 4.77. The van der Waals surface area contributed by atoms with Gasteiger partial charge in [-0.3, -0.25) is 9.59 Å². The highest BCUT2D eigenvalue weighted by Gasteiger charge is 2.25. The Hall–Kier alpha value is -2.08. The monoisotopic (exact) mass is 362 g/mol. The van der Waals surface area contributed by atoms with Gasteiger partial charge < -0.3 is 20.5 Å². The van der Waals surface area contributed by atoms with Gasteiger partial charge in [0.2, 0.25) is 0 Å². The maximum atomic E-state index is 12.1. The summed E-state index contributed by atoms with van der Waals surface area (Å²) in [6.45, 7) is 1.65. The molecule has 1 atom stereocenters. The van der Waals surface area contributed by atoms with E-state index in [0.29, 0.717) is 6.42 Å². The number of aliphatic hydroxyl groups is 1. The smallest absolute Gasteiger partial charge is 0.309 e. The SMILES string of the molecule is COc1ccc(CC(C)(O)CNC(=O)C(=O)NC2CCCCCC2)cc1. The zero-order valence-corrected chi connectivity index (χ0v) is 15.7. The fraction of sp³-hybridized carbons (Fsp3) is 0.600. The number of methoxy groups -OCH3 is 1. The normalized spacial score (nSPS) is 17.7. The number of nitrogens with one attached hydrogen (secondary N) is 2. The molecule has 1 unspecified atom stereocenters. The fourth-order valence-corrected chi connectivity index (χ4v) is 3.27. The summed E-state index contributed by atoms with van der Waals surface area (Å²) < 4.78 is 5.11. The highest BCUT2D eigenvalue weighted by Crippen LogP contribution is 2.18. The van der Waals surface area contributed by atoms with Gasteiger partial charge in [-0.05, 0) is 37.5 Å². The number of carbonyl (C=O) groups is 2. The summed E-state index contributed by atoms with van der Waals surface area (Å²) in [7, 11) is 1.60. The van der Waals surface area contributed by atoms with E-state index < -0.39 is 17.4 Å². The van der Waals surface area contributed by atoms with Crippen LogP contribution in [0.1, 0.15) is 51.0 Å². The van der Waals surface area contributed by atoms with Crippen LogP contribution in [0.3, 0.4) is 0 Å². The number of hydrogen-bond acceptors (Lipinski definition) is 4. The van der Waals surface area contributed by atoms with E-state index >= 15 is 0 Å². The minimum atomic E-state index is -1.15. The van der Waals surface area contributed by atoms with E-state index in [2.05, 4.69) is 10.6 Å². The predicted octanol–water partition coefficient (Wildman–Crippen LogP) is 1.94. The van der Waals surface area contributed by atoms with Gasteiger partial charge in [0, 0.05) is 19.0 Å². The lowest BCUT2D eigenvalue weighted by molar-refractivity contribution is -0.140. The third kappa shape index (κ3) is 6.67. The average Bonchev–Trinajstić information content (AvgIpc) is 2.88. The van der Waals surface area contributed by atoms with Gasteiger partial charge in [0.25, 0.3) is 0 Å². The van der Waals surface area contributed by atoms with Crippen LogP contribution in [0.5, 0.6) is 5.75 Å². The van der Waals surface area contributed by atoms with Gasteiger partial charge in [-0.2, -0.15) is 0 Å². The molecule has 0 aromatic heterocycles. The standard InChI is InChI=1S/C20H30N2O4/c1-20(25,13-15-9-11-17(26-2)12-10-15)14-21-18(23)19(24)22-16-7-5-3-4-6-8-16/h9-12,16,25H,3-8,13-14H2,1-2H3,(H,21,23)(H,22,24). The molecule has 0 spiro atoms. The van der Waals surface area contributed by atoms with Gasteiger partial charge in [-0.1, -0.05) is 37.8 Å². The van der Waals surface area contributed by atoms with Gasteiger partial charge in [-0.25, -0.2) is 0 Å². The summed E-state index contributed by atoms with van der Waals surface area (Å²) >= 11 is 0. The summed E-state index contributed by atoms with van der Waals surface area (Å²) in [4.78, 5) is 24.1. The molecule has 1 aromatic carbocycles. The highest BCUT2D eigenvalue weighted by atomic mass is 16.5. The van der Waals surface area contributed by atoms with Crippen LogP contribution in [0, 0.1) is 0 Å². The molecule has 1 saturated carbocycles. The first-order valence-corrected chi connectivity index (χ1v) is 9.33. The van der Waals surface area contributed by atoms with E-state index in [1.165, 1.54) is 12.8 Å². The Kier molecular flexibility index (Phi) is 7.45. The summed E-state index contributed by atoms with van der Waals surface area (Å²) in [5.41, 5.74) is -0.222. The maximum Gasteiger partial charge on any atom is 0.309 e. The van der Waals surface area contributed by atoms with Crippen LogP contribution in [-0.4, -0.2) is 42.2 Å². The van der Waals surface area contributed by atoms with Crippen molar-refractivity contribution >= 4 is 11.8 Å². The van der Waals surface area contributed by atoms with E-state index in [-0.39, 0.29) is 12.6 Å². The molecule has 26 heavy (non-hydrogen) atoms. The second-order valence-electron chi connectivity index (χ2n) is 7.37. The van der Waals surface area contributed by atoms with E-state index in [9.17, 15) is 14.7 Å². The van der Waals surface area contributed by atoms with Crippen LogP contribution in [-0.2, 0) is 16.0 Å². The molecule has 1 aliphatic carbocycles. The van der Waals surface area contributed by atoms with Crippen molar-refractivity contribution in [2.45, 2.75) is 63.5 Å². The number of amides is 2. The first-order valence-electron chi connectivity index (χ1n) is 9.33. The quantitative estimate of drug-likeness (QED) is 0.533. The van der Waals surface area contributed by atoms with E-state index in [0.717, 1.165) is 37.0 Å². The van der Waals surface area contributed by atoms with Crippen molar-refractivity contribution < 1.29 is 19.4 Å². The third-order valence-electron chi connectivity index (χ3n) is 4.77. The molecule has 1 aliphatic rings. The Morgan fingerprint density at radius 3 is 2.31 bits per heavy atom. The van der Waals surface area contributed by atoms with E-state index in [1.807, 2.05) is 24.3 Å². The summed E-state index contributed by atoms with van der Waals surface area (Å²) in [5.74, 6) is -0.557. The molecule has 0 heterocycles. The van der Waals surface area contributed by atoms with Gasteiger partial charge in [0.1, 0.15) is 5.75 Å². The zero-order chi connectivity index (χ0) is 19.0. The molecule has 3 N–H and O–H groups in total. The molecule has 0 aliphatic heterocycles. The zero-order valence-electron chi connectivity index (χ0n) is 15.7. The van der Waals surface area contributed by atoms with Gasteiger partial charge >= 0.3 is 11.8 Å². The average molecular weight is 362 g/mol. The van der Waals surface area contributed by atoms with Gasteiger partial charge in [-0.15, -0.1) is 0 Å². The second-order valence-corrected chi connectivity index (χ2v) is 7.37. The van der Waals surface area contributed by atoms with E-state index in [1.54, 1.807) is 14.0 Å². The minimum Gasteiger partial charge on any atom is -0.497 e. The van der Waals surface area contributed by atoms with Crippen LogP contribution in [0.4, 0.5) is 0 Å². The maximum absolute atomic E-state index is 12.1. The van der Waals surface area contributed by atoms with Crippen LogP contribution in [0.2, 0.25) is 0 Å². The van der Waals surface area contributed by atoms with Gasteiger partial charge in [0.15, 0.2) is 0 Å². The molecule has 2 amide bonds. The summed E-state index contributed by atoms with van der Waals surface area (Å²) in [6.07, 6.45) is 6.76. The topological polar surface area (TPSA) is 87.7 Å². The van der Waals surface area contributed by atoms with Crippen LogP contribution in [0.15, 0.2) is 24.3 Å². The van der Waals surface area contributed by atoms with Crippen molar-refractivity contribution in [1.82, 2.24) is 10.6 Å². The molecular formula is C20H30N2O4. The highest BCUT2D eigenvalue weighted by molar-refractivity contribution is 6.35. The molecule has 6 nitrogen and oxygen atoms in total. The largest absolute Gasteiger partial charge is 0.497 e. The number of carbonyl (C=O) groups excluding carboxylic acids is 2. The number of ether oxygens (including phenoxy) is 1. The molecular weight excluding hydrogens is 332 g/mol. The fourth-order valence-electron chi connectivity index (χ4n) is 3.27. The number of benzene rings is 1. The number of hydrogen-bond donors (Lipinski definition) is 3.